The number of nitrogens with zero attached hydrogens (tertiary/aromatic N) is 1. The molecule has 0 aromatic carbocycles. The van der Waals surface area contributed by atoms with E-state index < -0.39 is 11.9 Å². The molecule has 174 valence electrons. The first kappa shape index (κ1) is 25.2. The van der Waals surface area contributed by atoms with E-state index in [9.17, 15) is 14.4 Å². The lowest BCUT2D eigenvalue weighted by Crippen LogP contribution is -2.46. The monoisotopic (exact) mass is 433 g/mol. The van der Waals surface area contributed by atoms with Crippen LogP contribution in [0.3, 0.4) is 0 Å². The molecule has 7 heteroatoms. The van der Waals surface area contributed by atoms with E-state index in [0.29, 0.717) is 38.0 Å². The Morgan fingerprint density at radius 3 is 2.65 bits per heavy atom. The number of ether oxygens (including phenoxy) is 1. The summed E-state index contributed by atoms with van der Waals surface area (Å²) in [6.45, 7) is 7.73. The largest absolute Gasteiger partial charge is 0.465 e. The Morgan fingerprint density at radius 2 is 1.97 bits per heavy atom. The Morgan fingerprint density at radius 1 is 1.23 bits per heavy atom. The van der Waals surface area contributed by atoms with Crippen LogP contribution < -0.4 is 10.6 Å². The number of likely N-dealkylation sites (tertiary alicyclic amines) is 1. The van der Waals surface area contributed by atoms with Gasteiger partial charge in [0, 0.05) is 26.1 Å². The molecule has 2 aliphatic heterocycles. The molecule has 2 saturated heterocycles. The number of hydrogen-bond acceptors (Lipinski definition) is 5. The molecule has 2 atom stereocenters. The molecule has 0 aromatic rings. The van der Waals surface area contributed by atoms with E-state index >= 15 is 0 Å². The minimum absolute atomic E-state index is 0.0655. The second-order valence-corrected chi connectivity index (χ2v) is 9.23. The second-order valence-electron chi connectivity index (χ2n) is 9.23. The molecule has 2 amide bonds. The predicted octanol–water partition coefficient (Wildman–Crippen LogP) is 1.96. The van der Waals surface area contributed by atoms with E-state index in [2.05, 4.69) is 30.4 Å². The fourth-order valence-electron chi connectivity index (χ4n) is 4.13. The van der Waals surface area contributed by atoms with E-state index in [-0.39, 0.29) is 24.3 Å². The molecule has 2 aliphatic rings. The lowest BCUT2D eigenvalue weighted by atomic mass is 9.92. The molecule has 0 saturated carbocycles. The topological polar surface area (TPSA) is 87.7 Å². The van der Waals surface area contributed by atoms with Gasteiger partial charge in [-0.15, -0.1) is 6.42 Å². The van der Waals surface area contributed by atoms with E-state index in [1.165, 1.54) is 0 Å². The van der Waals surface area contributed by atoms with Crippen molar-refractivity contribution in [1.82, 2.24) is 15.5 Å². The van der Waals surface area contributed by atoms with Gasteiger partial charge >= 0.3 is 5.97 Å². The molecule has 0 radical (unpaired) electrons. The average molecular weight is 434 g/mol. The highest BCUT2D eigenvalue weighted by Crippen LogP contribution is 2.21. The third-order valence-electron chi connectivity index (χ3n) is 6.28. The van der Waals surface area contributed by atoms with Crippen molar-refractivity contribution in [3.8, 4) is 12.3 Å². The molecular weight excluding hydrogens is 394 g/mol. The van der Waals surface area contributed by atoms with E-state index in [4.69, 9.17) is 11.2 Å². The van der Waals surface area contributed by atoms with Crippen LogP contribution in [0.25, 0.3) is 0 Å². The number of rotatable bonds is 10. The van der Waals surface area contributed by atoms with Crippen molar-refractivity contribution in [2.45, 2.75) is 58.8 Å². The van der Waals surface area contributed by atoms with Gasteiger partial charge in [0.2, 0.25) is 11.8 Å². The number of nitrogens with one attached hydrogen (secondary N) is 2. The van der Waals surface area contributed by atoms with Crippen molar-refractivity contribution in [2.75, 3.05) is 39.3 Å². The summed E-state index contributed by atoms with van der Waals surface area (Å²) in [5.74, 6) is 1.95. The number of hydrogen-bond donors (Lipinski definition) is 2. The predicted molar refractivity (Wildman–Crippen MR) is 120 cm³/mol. The van der Waals surface area contributed by atoms with E-state index in [0.717, 1.165) is 51.6 Å². The van der Waals surface area contributed by atoms with Crippen LogP contribution in [-0.4, -0.2) is 62.0 Å². The SMILES string of the molecule is C#C[C@@H](CNC(=O)[C@@H]1CCCN(C(=O)CCC2CCNCC2)C1)C(=O)OCCC(C)C. The fourth-order valence-corrected chi connectivity index (χ4v) is 4.13. The summed E-state index contributed by atoms with van der Waals surface area (Å²) < 4.78 is 5.22. The lowest BCUT2D eigenvalue weighted by Gasteiger charge is -2.33. The molecule has 7 nitrogen and oxygen atoms in total. The highest BCUT2D eigenvalue weighted by Gasteiger charge is 2.29. The number of piperidine rings is 2. The van der Waals surface area contributed by atoms with Crippen molar-refractivity contribution >= 4 is 17.8 Å². The molecular formula is C24H39N3O4. The zero-order chi connectivity index (χ0) is 22.6. The van der Waals surface area contributed by atoms with Gasteiger partial charge in [-0.05, 0) is 63.5 Å². The van der Waals surface area contributed by atoms with E-state index in [1.807, 2.05) is 4.90 Å². The van der Waals surface area contributed by atoms with Gasteiger partial charge < -0.3 is 20.3 Å². The van der Waals surface area contributed by atoms with Crippen LogP contribution >= 0.6 is 0 Å². The van der Waals surface area contributed by atoms with Gasteiger partial charge in [-0.3, -0.25) is 14.4 Å². The maximum atomic E-state index is 12.6. The zero-order valence-corrected chi connectivity index (χ0v) is 19.2. The van der Waals surface area contributed by atoms with Crippen LogP contribution in [0, 0.1) is 36.0 Å². The first-order valence-electron chi connectivity index (χ1n) is 11.8. The maximum absolute atomic E-state index is 12.6. The van der Waals surface area contributed by atoms with Crippen LogP contribution in [0.2, 0.25) is 0 Å². The van der Waals surface area contributed by atoms with Crippen molar-refractivity contribution in [3.05, 3.63) is 0 Å². The maximum Gasteiger partial charge on any atom is 0.322 e. The van der Waals surface area contributed by atoms with Gasteiger partial charge in [-0.1, -0.05) is 19.8 Å². The quantitative estimate of drug-likeness (QED) is 0.406. The van der Waals surface area contributed by atoms with Gasteiger partial charge in [0.05, 0.1) is 12.5 Å². The number of esters is 1. The minimum atomic E-state index is -0.789. The van der Waals surface area contributed by atoms with Crippen LogP contribution in [0.5, 0.6) is 0 Å². The summed E-state index contributed by atoms with van der Waals surface area (Å²) in [5.41, 5.74) is 0. The number of carbonyl (C=O) groups is 3. The van der Waals surface area contributed by atoms with E-state index in [1.54, 1.807) is 0 Å². The standard InChI is InChI=1S/C24H39N3O4/c1-4-20(24(30)31-15-11-18(2)3)16-26-23(29)21-6-5-14-27(17-21)22(28)8-7-19-9-12-25-13-10-19/h1,18-21,25H,5-17H2,2-3H3,(H,26,29)/t20-,21+/m0/s1. The Bertz CT molecular complexity index is 637. The van der Waals surface area contributed by atoms with Crippen molar-refractivity contribution in [1.29, 1.82) is 0 Å². The molecule has 0 bridgehead atoms. The van der Waals surface area contributed by atoms with Crippen LogP contribution in [0.15, 0.2) is 0 Å². The fraction of sp³-hybridized carbons (Fsp3) is 0.792. The molecule has 2 rings (SSSR count). The summed E-state index contributed by atoms with van der Waals surface area (Å²) in [7, 11) is 0. The van der Waals surface area contributed by atoms with Crippen molar-refractivity contribution in [3.63, 3.8) is 0 Å². The van der Waals surface area contributed by atoms with Gasteiger partial charge in [-0.2, -0.15) is 0 Å². The third kappa shape index (κ3) is 8.90. The molecule has 2 fully saturated rings. The second kappa shape index (κ2) is 13.4. The molecule has 2 N–H and O–H groups in total. The average Bonchev–Trinajstić information content (AvgIpc) is 2.78. The summed E-state index contributed by atoms with van der Waals surface area (Å²) >= 11 is 0. The van der Waals surface area contributed by atoms with Crippen molar-refractivity contribution in [2.24, 2.45) is 23.7 Å². The lowest BCUT2D eigenvalue weighted by molar-refractivity contribution is -0.146. The Hall–Kier alpha value is -2.07. The highest BCUT2D eigenvalue weighted by atomic mass is 16.5. The summed E-state index contributed by atoms with van der Waals surface area (Å²) in [5, 5.41) is 6.15. The highest BCUT2D eigenvalue weighted by molar-refractivity contribution is 5.82. The van der Waals surface area contributed by atoms with Crippen LogP contribution in [0.1, 0.15) is 58.8 Å². The Kier molecular flexibility index (Phi) is 10.9. The minimum Gasteiger partial charge on any atom is -0.465 e. The molecule has 31 heavy (non-hydrogen) atoms. The molecule has 0 aliphatic carbocycles. The zero-order valence-electron chi connectivity index (χ0n) is 19.2. The van der Waals surface area contributed by atoms with Gasteiger partial charge in [-0.25, -0.2) is 0 Å². The molecule has 0 aromatic heterocycles. The first-order chi connectivity index (χ1) is 14.9. The van der Waals surface area contributed by atoms with Gasteiger partial charge in [0.25, 0.3) is 0 Å². The summed E-state index contributed by atoms with van der Waals surface area (Å²) in [6.07, 6.45) is 11.5. The van der Waals surface area contributed by atoms with Gasteiger partial charge in [0.15, 0.2) is 0 Å². The third-order valence-corrected chi connectivity index (χ3v) is 6.28. The molecule has 2 heterocycles. The first-order valence-corrected chi connectivity index (χ1v) is 11.8. The molecule has 0 spiro atoms. The molecule has 0 unspecified atom stereocenters. The number of carbonyl (C=O) groups excluding carboxylic acids is 3. The van der Waals surface area contributed by atoms with Gasteiger partial charge in [0.1, 0.15) is 5.92 Å². The Labute approximate surface area is 187 Å². The number of terminal acetylenes is 1. The number of amides is 2. The van der Waals surface area contributed by atoms with Crippen molar-refractivity contribution < 1.29 is 19.1 Å². The van der Waals surface area contributed by atoms with Crippen LogP contribution in [0.4, 0.5) is 0 Å². The summed E-state index contributed by atoms with van der Waals surface area (Å²) in [4.78, 5) is 39.2. The summed E-state index contributed by atoms with van der Waals surface area (Å²) in [6, 6.07) is 0. The Balaban J connectivity index is 1.73. The van der Waals surface area contributed by atoms with Crippen LogP contribution in [-0.2, 0) is 19.1 Å². The smallest absolute Gasteiger partial charge is 0.322 e. The normalized spacial score (nSPS) is 20.7.